The molecule has 0 unspecified atom stereocenters. The Morgan fingerprint density at radius 2 is 1.81 bits per heavy atom. The van der Waals surface area contributed by atoms with Gasteiger partial charge in [0, 0.05) is 12.1 Å². The summed E-state index contributed by atoms with van der Waals surface area (Å²) in [5.41, 5.74) is 1.36. The molecular formula is C19H17FN4O3. The van der Waals surface area contributed by atoms with E-state index in [0.717, 1.165) is 5.56 Å². The van der Waals surface area contributed by atoms with Crippen LogP contribution in [0.5, 0.6) is 0 Å². The van der Waals surface area contributed by atoms with Crippen molar-refractivity contribution in [1.29, 1.82) is 0 Å². The van der Waals surface area contributed by atoms with Gasteiger partial charge in [-0.05, 0) is 11.6 Å². The van der Waals surface area contributed by atoms with Crippen molar-refractivity contribution in [3.05, 3.63) is 83.4 Å². The van der Waals surface area contributed by atoms with E-state index < -0.39 is 24.3 Å². The lowest BCUT2D eigenvalue weighted by Gasteiger charge is -2.06. The Morgan fingerprint density at radius 3 is 2.59 bits per heavy atom. The van der Waals surface area contributed by atoms with Gasteiger partial charge in [-0.2, -0.15) is 0 Å². The van der Waals surface area contributed by atoms with Crippen LogP contribution in [0.1, 0.15) is 21.6 Å². The Bertz CT molecular complexity index is 927. The molecule has 0 aliphatic carbocycles. The molecule has 2 aromatic carbocycles. The highest BCUT2D eigenvalue weighted by Crippen LogP contribution is 2.06. The monoisotopic (exact) mass is 368 g/mol. The van der Waals surface area contributed by atoms with E-state index in [2.05, 4.69) is 15.6 Å². The zero-order chi connectivity index (χ0) is 19.1. The number of ether oxygens (including phenoxy) is 1. The van der Waals surface area contributed by atoms with Gasteiger partial charge in [0.15, 0.2) is 12.3 Å². The molecule has 0 aliphatic heterocycles. The molecule has 0 aliphatic rings. The second kappa shape index (κ2) is 8.70. The minimum atomic E-state index is -0.754. The maximum absolute atomic E-state index is 13.5. The van der Waals surface area contributed by atoms with E-state index in [0.29, 0.717) is 12.1 Å². The summed E-state index contributed by atoms with van der Waals surface area (Å²) in [5, 5.41) is 10.1. The lowest BCUT2D eigenvalue weighted by Crippen LogP contribution is -2.28. The van der Waals surface area contributed by atoms with Gasteiger partial charge >= 0.3 is 5.97 Å². The van der Waals surface area contributed by atoms with Gasteiger partial charge in [-0.25, -0.2) is 13.9 Å². The summed E-state index contributed by atoms with van der Waals surface area (Å²) in [4.78, 5) is 23.7. The maximum atomic E-state index is 13.5. The first-order chi connectivity index (χ1) is 13.1. The fourth-order valence-corrected chi connectivity index (χ4v) is 2.33. The van der Waals surface area contributed by atoms with Gasteiger partial charge in [-0.1, -0.05) is 53.7 Å². The van der Waals surface area contributed by atoms with E-state index >= 15 is 0 Å². The molecule has 8 heteroatoms. The third kappa shape index (κ3) is 5.21. The van der Waals surface area contributed by atoms with E-state index in [4.69, 9.17) is 4.74 Å². The number of carbonyl (C=O) groups excluding carboxylic acids is 2. The fraction of sp³-hybridized carbons (Fsp3) is 0.158. The van der Waals surface area contributed by atoms with E-state index in [1.54, 1.807) is 18.2 Å². The molecule has 3 rings (SSSR count). The Kier molecular flexibility index (Phi) is 5.88. The number of nitrogens with one attached hydrogen (secondary N) is 1. The molecule has 1 amide bonds. The smallest absolute Gasteiger partial charge is 0.361 e. The molecule has 138 valence electrons. The second-order valence-corrected chi connectivity index (χ2v) is 5.73. The van der Waals surface area contributed by atoms with Crippen LogP contribution in [0.25, 0.3) is 0 Å². The average molecular weight is 368 g/mol. The Hall–Kier alpha value is -3.55. The summed E-state index contributed by atoms with van der Waals surface area (Å²) < 4.78 is 19.9. The van der Waals surface area contributed by atoms with Gasteiger partial charge < -0.3 is 10.1 Å². The van der Waals surface area contributed by atoms with Gasteiger partial charge in [0.2, 0.25) is 0 Å². The predicted octanol–water partition coefficient (Wildman–Crippen LogP) is 1.94. The molecular weight excluding hydrogens is 351 g/mol. The quantitative estimate of drug-likeness (QED) is 0.644. The highest BCUT2D eigenvalue weighted by molar-refractivity contribution is 5.89. The summed E-state index contributed by atoms with van der Waals surface area (Å²) in [5.74, 6) is -1.71. The van der Waals surface area contributed by atoms with Gasteiger partial charge in [-0.15, -0.1) is 5.10 Å². The third-order valence-corrected chi connectivity index (χ3v) is 3.70. The van der Waals surface area contributed by atoms with Gasteiger partial charge in [0.25, 0.3) is 5.91 Å². The van der Waals surface area contributed by atoms with Crippen molar-refractivity contribution < 1.29 is 18.7 Å². The van der Waals surface area contributed by atoms with Gasteiger partial charge in [-0.3, -0.25) is 4.79 Å². The number of amides is 1. The summed E-state index contributed by atoms with van der Waals surface area (Å²) in [6.07, 6.45) is 1.45. The number of hydrogen-bond donors (Lipinski definition) is 1. The van der Waals surface area contributed by atoms with Crippen molar-refractivity contribution in [2.24, 2.45) is 0 Å². The molecule has 0 radical (unpaired) electrons. The number of halogens is 1. The van der Waals surface area contributed by atoms with Crippen molar-refractivity contribution in [3.63, 3.8) is 0 Å². The van der Waals surface area contributed by atoms with E-state index in [-0.39, 0.29) is 12.2 Å². The van der Waals surface area contributed by atoms with Crippen LogP contribution in [0.2, 0.25) is 0 Å². The first kappa shape index (κ1) is 18.2. The molecule has 1 heterocycles. The normalized spacial score (nSPS) is 10.4. The highest BCUT2D eigenvalue weighted by atomic mass is 19.1. The SMILES string of the molecule is O=C(COC(=O)c1cn(Cc2ccccc2)nn1)NCc1ccccc1F. The number of carbonyl (C=O) groups is 2. The molecule has 27 heavy (non-hydrogen) atoms. The van der Waals surface area contributed by atoms with Crippen molar-refractivity contribution in [3.8, 4) is 0 Å². The van der Waals surface area contributed by atoms with Crippen LogP contribution >= 0.6 is 0 Å². The van der Waals surface area contributed by atoms with Gasteiger partial charge in [0.1, 0.15) is 5.82 Å². The molecule has 0 bridgehead atoms. The van der Waals surface area contributed by atoms with Crippen molar-refractivity contribution in [1.82, 2.24) is 20.3 Å². The van der Waals surface area contributed by atoms with Crippen molar-refractivity contribution in [2.75, 3.05) is 6.61 Å². The van der Waals surface area contributed by atoms with Crippen LogP contribution < -0.4 is 5.32 Å². The summed E-state index contributed by atoms with van der Waals surface area (Å²) in [6, 6.07) is 15.7. The zero-order valence-corrected chi connectivity index (χ0v) is 14.3. The highest BCUT2D eigenvalue weighted by Gasteiger charge is 2.14. The average Bonchev–Trinajstić information content (AvgIpc) is 3.15. The minimum absolute atomic E-state index is 0.00725. The van der Waals surface area contributed by atoms with Crippen LogP contribution in [-0.2, 0) is 22.6 Å². The summed E-state index contributed by atoms with van der Waals surface area (Å²) >= 11 is 0. The lowest BCUT2D eigenvalue weighted by molar-refractivity contribution is -0.124. The van der Waals surface area contributed by atoms with Crippen LogP contribution in [0.15, 0.2) is 60.8 Å². The lowest BCUT2D eigenvalue weighted by atomic mass is 10.2. The van der Waals surface area contributed by atoms with Crippen LogP contribution in [0.3, 0.4) is 0 Å². The topological polar surface area (TPSA) is 86.1 Å². The van der Waals surface area contributed by atoms with E-state index in [1.807, 2.05) is 30.3 Å². The predicted molar refractivity (Wildman–Crippen MR) is 94.1 cm³/mol. The number of esters is 1. The first-order valence-corrected chi connectivity index (χ1v) is 8.23. The molecule has 0 saturated carbocycles. The minimum Gasteiger partial charge on any atom is -0.451 e. The van der Waals surface area contributed by atoms with Crippen LogP contribution in [0.4, 0.5) is 4.39 Å². The van der Waals surface area contributed by atoms with Crippen molar-refractivity contribution >= 4 is 11.9 Å². The second-order valence-electron chi connectivity index (χ2n) is 5.73. The van der Waals surface area contributed by atoms with Crippen LogP contribution in [-0.4, -0.2) is 33.5 Å². The Balaban J connectivity index is 1.46. The molecule has 1 aromatic heterocycles. The Morgan fingerprint density at radius 1 is 1.07 bits per heavy atom. The first-order valence-electron chi connectivity index (χ1n) is 8.23. The molecule has 0 atom stereocenters. The largest absolute Gasteiger partial charge is 0.451 e. The van der Waals surface area contributed by atoms with E-state index in [9.17, 15) is 14.0 Å². The number of aromatic nitrogens is 3. The molecule has 0 fully saturated rings. The Labute approximate surface area is 154 Å². The zero-order valence-electron chi connectivity index (χ0n) is 14.3. The number of benzene rings is 2. The third-order valence-electron chi connectivity index (χ3n) is 3.70. The molecule has 1 N–H and O–H groups in total. The van der Waals surface area contributed by atoms with E-state index in [1.165, 1.54) is 16.9 Å². The van der Waals surface area contributed by atoms with Gasteiger partial charge in [0.05, 0.1) is 12.7 Å². The standard InChI is InChI=1S/C19H17FN4O3/c20-16-9-5-4-8-15(16)10-21-18(25)13-27-19(26)17-12-24(23-22-17)11-14-6-2-1-3-7-14/h1-9,12H,10-11,13H2,(H,21,25). The molecule has 0 saturated heterocycles. The maximum Gasteiger partial charge on any atom is 0.361 e. The molecule has 7 nitrogen and oxygen atoms in total. The summed E-state index contributed by atoms with van der Waals surface area (Å²) in [7, 11) is 0. The number of hydrogen-bond acceptors (Lipinski definition) is 5. The van der Waals surface area contributed by atoms with Crippen molar-refractivity contribution in [2.45, 2.75) is 13.1 Å². The van der Waals surface area contributed by atoms with Crippen LogP contribution in [0, 0.1) is 5.82 Å². The molecule has 3 aromatic rings. The number of nitrogens with zero attached hydrogens (tertiary/aromatic N) is 3. The fourth-order valence-electron chi connectivity index (χ4n) is 2.33. The molecule has 0 spiro atoms. The summed E-state index contributed by atoms with van der Waals surface area (Å²) in [6.45, 7) is -0.0145. The number of rotatable bonds is 7.